The number of hydrogen-bond donors (Lipinski definition) is 2. The number of rotatable bonds is 17. The number of nitrogens with one attached hydrogen (secondary N) is 1. The second-order valence-corrected chi connectivity index (χ2v) is 6.45. The molecule has 0 saturated heterocycles. The van der Waals surface area contributed by atoms with Crippen LogP contribution in [-0.4, -0.2) is 30.3 Å². The Morgan fingerprint density at radius 1 is 0.792 bits per heavy atom. The van der Waals surface area contributed by atoms with Crippen molar-refractivity contribution in [1.29, 1.82) is 0 Å². The van der Waals surface area contributed by atoms with Crippen molar-refractivity contribution in [3.8, 4) is 0 Å². The van der Waals surface area contributed by atoms with Crippen molar-refractivity contribution in [3.05, 3.63) is 0 Å². The van der Waals surface area contributed by atoms with Crippen LogP contribution in [0, 0.1) is 0 Å². The summed E-state index contributed by atoms with van der Waals surface area (Å²) in [6.45, 7) is 3.27. The van der Waals surface area contributed by atoms with E-state index in [0.717, 1.165) is 38.5 Å². The Balaban J connectivity index is 3.17. The minimum absolute atomic E-state index is 0.0989. The molecule has 0 heterocycles. The van der Waals surface area contributed by atoms with Crippen LogP contribution in [0.5, 0.6) is 0 Å². The highest BCUT2D eigenvalue weighted by atomic mass is 16.5. The van der Waals surface area contributed by atoms with Gasteiger partial charge in [-0.1, -0.05) is 71.1 Å². The largest absolute Gasteiger partial charge is 0.466 e. The summed E-state index contributed by atoms with van der Waals surface area (Å²) in [7, 11) is 0. The number of carboxylic acid groups (broad SMARTS) is 1. The normalized spacial score (nSPS) is 10.5. The van der Waals surface area contributed by atoms with Crippen molar-refractivity contribution < 1.29 is 19.4 Å². The molecule has 0 aliphatic rings. The van der Waals surface area contributed by atoms with Gasteiger partial charge in [0, 0.05) is 13.0 Å². The second kappa shape index (κ2) is 18.1. The quantitative estimate of drug-likeness (QED) is 0.278. The molecule has 0 aliphatic heterocycles. The molecule has 0 aromatic heterocycles. The Morgan fingerprint density at radius 3 is 1.96 bits per heavy atom. The molecule has 1 amide bonds. The average molecular weight is 344 g/mol. The fraction of sp³-hybridized carbons (Fsp3) is 0.895. The van der Waals surface area contributed by atoms with Crippen molar-refractivity contribution in [2.24, 2.45) is 0 Å². The molecule has 0 unspecified atom stereocenters. The molecule has 142 valence electrons. The molecule has 0 radical (unpaired) electrons. The first-order chi connectivity index (χ1) is 11.7. The lowest BCUT2D eigenvalue weighted by Crippen LogP contribution is -2.21. The molecule has 0 rings (SSSR count). The van der Waals surface area contributed by atoms with Crippen LogP contribution in [0.2, 0.25) is 0 Å². The minimum Gasteiger partial charge on any atom is -0.466 e. The first-order valence-electron chi connectivity index (χ1n) is 9.79. The van der Waals surface area contributed by atoms with Gasteiger partial charge in [-0.15, -0.1) is 0 Å². The number of esters is 1. The molecular weight excluding hydrogens is 306 g/mol. The summed E-state index contributed by atoms with van der Waals surface area (Å²) in [4.78, 5) is 21.8. The number of ether oxygens (including phenoxy) is 1. The summed E-state index contributed by atoms with van der Waals surface area (Å²) in [6.07, 6.45) is 14.4. The summed E-state index contributed by atoms with van der Waals surface area (Å²) < 4.78 is 5.23. The number of carbonyl (C=O) groups excluding carboxylic acids is 1. The van der Waals surface area contributed by atoms with Crippen molar-refractivity contribution in [1.82, 2.24) is 5.32 Å². The lowest BCUT2D eigenvalue weighted by atomic mass is 10.1. The maximum atomic E-state index is 11.5. The van der Waals surface area contributed by atoms with Gasteiger partial charge in [-0.05, 0) is 19.3 Å². The monoisotopic (exact) mass is 343 g/mol. The molecule has 0 saturated carbocycles. The Bertz CT molecular complexity index is 308. The topological polar surface area (TPSA) is 75.6 Å². The van der Waals surface area contributed by atoms with E-state index in [2.05, 4.69) is 12.2 Å². The first kappa shape index (κ1) is 22.7. The summed E-state index contributed by atoms with van der Waals surface area (Å²) in [5, 5.41) is 10.7. The molecule has 5 nitrogen and oxygen atoms in total. The van der Waals surface area contributed by atoms with E-state index in [1.807, 2.05) is 0 Å². The molecule has 5 heteroatoms. The fourth-order valence-electron chi connectivity index (χ4n) is 2.61. The van der Waals surface area contributed by atoms with Gasteiger partial charge in [0.1, 0.15) is 0 Å². The third-order valence-electron chi connectivity index (χ3n) is 4.09. The predicted octanol–water partition coefficient (Wildman–Crippen LogP) is 5.28. The lowest BCUT2D eigenvalue weighted by Gasteiger charge is -2.05. The van der Waals surface area contributed by atoms with Crippen LogP contribution in [0.15, 0.2) is 0 Å². The van der Waals surface area contributed by atoms with Crippen LogP contribution >= 0.6 is 0 Å². The Morgan fingerprint density at radius 2 is 1.33 bits per heavy atom. The van der Waals surface area contributed by atoms with E-state index in [1.165, 1.54) is 44.9 Å². The molecule has 0 aromatic rings. The highest BCUT2D eigenvalue weighted by Crippen LogP contribution is 2.10. The Kier molecular flexibility index (Phi) is 17.1. The molecule has 0 atom stereocenters. The maximum Gasteiger partial charge on any atom is 0.404 e. The molecule has 0 fully saturated rings. The fourth-order valence-corrected chi connectivity index (χ4v) is 2.61. The Labute approximate surface area is 147 Å². The highest BCUT2D eigenvalue weighted by Gasteiger charge is 2.02. The highest BCUT2D eigenvalue weighted by molar-refractivity contribution is 5.69. The maximum absolute atomic E-state index is 11.5. The van der Waals surface area contributed by atoms with Gasteiger partial charge in [-0.2, -0.15) is 0 Å². The van der Waals surface area contributed by atoms with Crippen LogP contribution in [-0.2, 0) is 9.53 Å². The smallest absolute Gasteiger partial charge is 0.404 e. The summed E-state index contributed by atoms with van der Waals surface area (Å²) in [5.41, 5.74) is 0. The van der Waals surface area contributed by atoms with Crippen molar-refractivity contribution >= 4 is 12.1 Å². The van der Waals surface area contributed by atoms with Crippen molar-refractivity contribution in [2.45, 2.75) is 96.8 Å². The second-order valence-electron chi connectivity index (χ2n) is 6.45. The van der Waals surface area contributed by atoms with Crippen LogP contribution in [0.4, 0.5) is 4.79 Å². The molecule has 0 aliphatic carbocycles. The van der Waals surface area contributed by atoms with E-state index < -0.39 is 6.09 Å². The molecule has 0 bridgehead atoms. The number of unbranched alkanes of at least 4 members (excludes halogenated alkanes) is 11. The zero-order valence-corrected chi connectivity index (χ0v) is 15.5. The van der Waals surface area contributed by atoms with Crippen LogP contribution in [0.1, 0.15) is 96.8 Å². The van der Waals surface area contributed by atoms with Gasteiger partial charge >= 0.3 is 12.1 Å². The molecule has 0 aromatic carbocycles. The SMILES string of the molecule is CCCCCCCCCCCOC(=O)CCCCCCNC(=O)O. The molecule has 24 heavy (non-hydrogen) atoms. The van der Waals surface area contributed by atoms with Gasteiger partial charge in [0.25, 0.3) is 0 Å². The molecular formula is C19H37NO4. The molecule has 0 spiro atoms. The van der Waals surface area contributed by atoms with Gasteiger partial charge < -0.3 is 15.2 Å². The van der Waals surface area contributed by atoms with Gasteiger partial charge in [-0.25, -0.2) is 4.79 Å². The van der Waals surface area contributed by atoms with E-state index in [4.69, 9.17) is 9.84 Å². The summed E-state index contributed by atoms with van der Waals surface area (Å²) >= 11 is 0. The summed E-state index contributed by atoms with van der Waals surface area (Å²) in [6, 6.07) is 0. The number of carbonyl (C=O) groups is 2. The minimum atomic E-state index is -0.977. The summed E-state index contributed by atoms with van der Waals surface area (Å²) in [5.74, 6) is -0.0989. The predicted molar refractivity (Wildman–Crippen MR) is 97.3 cm³/mol. The van der Waals surface area contributed by atoms with Gasteiger partial charge in [0.2, 0.25) is 0 Å². The standard InChI is InChI=1S/C19H37NO4/c1-2-3-4-5-6-7-8-11-14-17-24-18(21)15-12-9-10-13-16-20-19(22)23/h20H,2-17H2,1H3,(H,22,23). The van der Waals surface area contributed by atoms with Gasteiger partial charge in [0.05, 0.1) is 6.61 Å². The van der Waals surface area contributed by atoms with E-state index in [1.54, 1.807) is 0 Å². The average Bonchev–Trinajstić information content (AvgIpc) is 2.55. The van der Waals surface area contributed by atoms with Crippen LogP contribution in [0.3, 0.4) is 0 Å². The number of amides is 1. The zero-order chi connectivity index (χ0) is 17.9. The van der Waals surface area contributed by atoms with Gasteiger partial charge in [-0.3, -0.25) is 4.79 Å². The van der Waals surface area contributed by atoms with Crippen molar-refractivity contribution in [3.63, 3.8) is 0 Å². The Hall–Kier alpha value is -1.26. The zero-order valence-electron chi connectivity index (χ0n) is 15.5. The van der Waals surface area contributed by atoms with E-state index in [9.17, 15) is 9.59 Å². The van der Waals surface area contributed by atoms with E-state index in [0.29, 0.717) is 19.6 Å². The molecule has 2 N–H and O–H groups in total. The van der Waals surface area contributed by atoms with Crippen LogP contribution in [0.25, 0.3) is 0 Å². The van der Waals surface area contributed by atoms with Crippen molar-refractivity contribution in [2.75, 3.05) is 13.2 Å². The third-order valence-corrected chi connectivity index (χ3v) is 4.09. The van der Waals surface area contributed by atoms with Gasteiger partial charge in [0.15, 0.2) is 0 Å². The number of hydrogen-bond acceptors (Lipinski definition) is 3. The van der Waals surface area contributed by atoms with E-state index >= 15 is 0 Å². The lowest BCUT2D eigenvalue weighted by molar-refractivity contribution is -0.143. The van der Waals surface area contributed by atoms with E-state index in [-0.39, 0.29) is 5.97 Å². The third kappa shape index (κ3) is 18.8. The van der Waals surface area contributed by atoms with Crippen LogP contribution < -0.4 is 5.32 Å². The first-order valence-corrected chi connectivity index (χ1v) is 9.79.